The second-order valence-corrected chi connectivity index (χ2v) is 7.89. The zero-order chi connectivity index (χ0) is 17.5. The topological polar surface area (TPSA) is 46.6 Å². The number of nitrogens with zero attached hydrogens (tertiary/aromatic N) is 4. The lowest BCUT2D eigenvalue weighted by Gasteiger charge is -2.24. The van der Waals surface area contributed by atoms with Gasteiger partial charge < -0.3 is 9.72 Å². The van der Waals surface area contributed by atoms with Crippen LogP contribution >= 0.6 is 15.9 Å². The maximum atomic E-state index is 4.93. The van der Waals surface area contributed by atoms with Gasteiger partial charge in [0.05, 0.1) is 0 Å². The number of nitrogens with one attached hydrogen (secondary N) is 1. The van der Waals surface area contributed by atoms with Gasteiger partial charge in [-0.25, -0.2) is 9.97 Å². The Labute approximate surface area is 160 Å². The first-order valence-corrected chi connectivity index (χ1v) is 9.94. The molecule has 0 spiro atoms. The van der Waals surface area contributed by atoms with Gasteiger partial charge in [0.25, 0.3) is 0 Å². The summed E-state index contributed by atoms with van der Waals surface area (Å²) in [6, 6.07) is 8.74. The summed E-state index contributed by atoms with van der Waals surface area (Å²) < 4.78 is 5.25. The molecule has 0 aliphatic heterocycles. The van der Waals surface area contributed by atoms with Crippen molar-refractivity contribution in [2.45, 2.75) is 38.1 Å². The van der Waals surface area contributed by atoms with Gasteiger partial charge in [-0.05, 0) is 53.0 Å². The lowest BCUT2D eigenvalue weighted by atomic mass is 9.95. The average molecular weight is 410 g/mol. The minimum atomic E-state index is 0.512. The Balaban J connectivity index is 1.66. The second-order valence-electron chi connectivity index (χ2n) is 6.97. The zero-order valence-electron chi connectivity index (χ0n) is 14.4. The van der Waals surface area contributed by atoms with Crippen molar-refractivity contribution in [3.05, 3.63) is 53.5 Å². The van der Waals surface area contributed by atoms with Crippen LogP contribution < -0.4 is 5.32 Å². The fourth-order valence-corrected chi connectivity index (χ4v) is 4.20. The minimum absolute atomic E-state index is 0.512. The van der Waals surface area contributed by atoms with E-state index in [9.17, 15) is 0 Å². The SMILES string of the molecule is Brc1ccc2nc(-c3ccc4nccn4c3)c(NC3CCCCC3)n2c1. The van der Waals surface area contributed by atoms with Gasteiger partial charge in [0.15, 0.2) is 0 Å². The minimum Gasteiger partial charge on any atom is -0.367 e. The molecule has 1 N–H and O–H groups in total. The lowest BCUT2D eigenvalue weighted by Crippen LogP contribution is -2.23. The molecule has 5 nitrogen and oxygen atoms in total. The van der Waals surface area contributed by atoms with Crippen molar-refractivity contribution in [1.82, 2.24) is 18.8 Å². The number of hydrogen-bond donors (Lipinski definition) is 1. The summed E-state index contributed by atoms with van der Waals surface area (Å²) >= 11 is 3.60. The molecule has 4 aromatic heterocycles. The molecule has 0 saturated heterocycles. The van der Waals surface area contributed by atoms with Crippen molar-refractivity contribution in [2.24, 2.45) is 0 Å². The summed E-state index contributed by atoms with van der Waals surface area (Å²) in [5, 5.41) is 3.79. The third-order valence-electron chi connectivity index (χ3n) is 5.19. The largest absolute Gasteiger partial charge is 0.367 e. The Kier molecular flexibility index (Phi) is 3.93. The Bertz CT molecular complexity index is 1070. The molecule has 4 aromatic rings. The number of fused-ring (bicyclic) bond motifs is 2. The van der Waals surface area contributed by atoms with Crippen molar-refractivity contribution in [3.8, 4) is 11.3 Å². The molecular weight excluding hydrogens is 390 g/mol. The van der Waals surface area contributed by atoms with E-state index in [0.717, 1.165) is 32.8 Å². The van der Waals surface area contributed by atoms with Gasteiger partial charge in [0, 0.05) is 40.9 Å². The van der Waals surface area contributed by atoms with Crippen molar-refractivity contribution in [1.29, 1.82) is 0 Å². The van der Waals surface area contributed by atoms with E-state index in [1.807, 2.05) is 28.9 Å². The van der Waals surface area contributed by atoms with Crippen LogP contribution in [-0.4, -0.2) is 24.8 Å². The summed E-state index contributed by atoms with van der Waals surface area (Å²) in [6.07, 6.45) is 14.4. The van der Waals surface area contributed by atoms with Gasteiger partial charge >= 0.3 is 0 Å². The summed E-state index contributed by atoms with van der Waals surface area (Å²) in [4.78, 5) is 9.27. The quantitative estimate of drug-likeness (QED) is 0.508. The number of rotatable bonds is 3. The summed E-state index contributed by atoms with van der Waals surface area (Å²) in [5.41, 5.74) is 3.98. The average Bonchev–Trinajstić information content (AvgIpc) is 3.27. The first-order chi connectivity index (χ1) is 12.8. The van der Waals surface area contributed by atoms with Crippen molar-refractivity contribution < 1.29 is 0 Å². The molecular formula is C20H20BrN5. The predicted molar refractivity (Wildman–Crippen MR) is 108 cm³/mol. The molecule has 5 rings (SSSR count). The van der Waals surface area contributed by atoms with Crippen LogP contribution in [0.4, 0.5) is 5.82 Å². The number of aromatic nitrogens is 4. The highest BCUT2D eigenvalue weighted by molar-refractivity contribution is 9.10. The van der Waals surface area contributed by atoms with Crippen molar-refractivity contribution in [2.75, 3.05) is 5.32 Å². The predicted octanol–water partition coefficient (Wildman–Crippen LogP) is 5.16. The smallest absolute Gasteiger partial charge is 0.139 e. The van der Waals surface area contributed by atoms with E-state index >= 15 is 0 Å². The highest BCUT2D eigenvalue weighted by atomic mass is 79.9. The standard InChI is InChI=1S/C20H20BrN5/c21-15-7-9-18-24-19(14-6-8-17-22-10-11-25(17)12-14)20(26(18)13-15)23-16-4-2-1-3-5-16/h6-13,16,23H,1-5H2. The van der Waals surface area contributed by atoms with Gasteiger partial charge in [-0.2, -0.15) is 0 Å². The molecule has 0 radical (unpaired) electrons. The van der Waals surface area contributed by atoms with E-state index < -0.39 is 0 Å². The number of imidazole rings is 2. The molecule has 0 amide bonds. The Morgan fingerprint density at radius 1 is 1.00 bits per heavy atom. The molecule has 1 aliphatic carbocycles. The van der Waals surface area contributed by atoms with Crippen LogP contribution in [0.2, 0.25) is 0 Å². The molecule has 26 heavy (non-hydrogen) atoms. The summed E-state index contributed by atoms with van der Waals surface area (Å²) in [7, 11) is 0. The molecule has 132 valence electrons. The Morgan fingerprint density at radius 3 is 2.73 bits per heavy atom. The number of hydrogen-bond acceptors (Lipinski definition) is 3. The van der Waals surface area contributed by atoms with Crippen LogP contribution in [-0.2, 0) is 0 Å². The molecule has 0 unspecified atom stereocenters. The van der Waals surface area contributed by atoms with Crippen LogP contribution in [0.15, 0.2) is 53.5 Å². The van der Waals surface area contributed by atoms with Crippen LogP contribution in [0.1, 0.15) is 32.1 Å². The normalized spacial score (nSPS) is 15.7. The maximum Gasteiger partial charge on any atom is 0.139 e. The molecule has 0 atom stereocenters. The monoisotopic (exact) mass is 409 g/mol. The maximum absolute atomic E-state index is 4.93. The first kappa shape index (κ1) is 15.9. The molecule has 0 bridgehead atoms. The molecule has 1 aliphatic rings. The number of halogens is 1. The first-order valence-electron chi connectivity index (χ1n) is 9.15. The van der Waals surface area contributed by atoms with E-state index in [0.29, 0.717) is 6.04 Å². The van der Waals surface area contributed by atoms with Gasteiger partial charge in [-0.15, -0.1) is 0 Å². The molecule has 1 saturated carbocycles. The summed E-state index contributed by atoms with van der Waals surface area (Å²) in [6.45, 7) is 0. The fourth-order valence-electron chi connectivity index (χ4n) is 3.86. The second kappa shape index (κ2) is 6.43. The van der Waals surface area contributed by atoms with Crippen LogP contribution in [0.25, 0.3) is 22.6 Å². The van der Waals surface area contributed by atoms with Crippen LogP contribution in [0.3, 0.4) is 0 Å². The Hall–Kier alpha value is -2.34. The molecule has 4 heterocycles. The number of pyridine rings is 2. The van der Waals surface area contributed by atoms with E-state index in [-0.39, 0.29) is 0 Å². The van der Waals surface area contributed by atoms with Crippen LogP contribution in [0.5, 0.6) is 0 Å². The molecule has 0 aromatic carbocycles. The highest BCUT2D eigenvalue weighted by Gasteiger charge is 2.20. The van der Waals surface area contributed by atoms with E-state index in [1.165, 1.54) is 32.1 Å². The van der Waals surface area contributed by atoms with E-state index in [2.05, 4.69) is 55.2 Å². The molecule has 1 fully saturated rings. The lowest BCUT2D eigenvalue weighted by molar-refractivity contribution is 0.462. The fraction of sp³-hybridized carbons (Fsp3) is 0.300. The van der Waals surface area contributed by atoms with Crippen molar-refractivity contribution >= 4 is 33.0 Å². The van der Waals surface area contributed by atoms with Gasteiger partial charge in [-0.1, -0.05) is 19.3 Å². The third-order valence-corrected chi connectivity index (χ3v) is 5.66. The van der Waals surface area contributed by atoms with Gasteiger partial charge in [-0.3, -0.25) is 4.40 Å². The number of anilines is 1. The zero-order valence-corrected chi connectivity index (χ0v) is 16.0. The third kappa shape index (κ3) is 2.78. The van der Waals surface area contributed by atoms with Crippen molar-refractivity contribution in [3.63, 3.8) is 0 Å². The molecule has 6 heteroatoms. The summed E-state index contributed by atoms with van der Waals surface area (Å²) in [5.74, 6) is 1.08. The van der Waals surface area contributed by atoms with E-state index in [1.54, 1.807) is 0 Å². The van der Waals surface area contributed by atoms with E-state index in [4.69, 9.17) is 4.98 Å². The van der Waals surface area contributed by atoms with Gasteiger partial charge in [0.2, 0.25) is 0 Å². The highest BCUT2D eigenvalue weighted by Crippen LogP contribution is 2.32. The van der Waals surface area contributed by atoms with Gasteiger partial charge in [0.1, 0.15) is 22.8 Å². The van der Waals surface area contributed by atoms with Crippen LogP contribution in [0, 0.1) is 0 Å². The Morgan fingerprint density at radius 2 is 1.85 bits per heavy atom.